The van der Waals surface area contributed by atoms with Crippen LogP contribution in [-0.4, -0.2) is 39.6 Å². The highest BCUT2D eigenvalue weighted by molar-refractivity contribution is 6.74. The molecule has 2 aliphatic rings. The van der Waals surface area contributed by atoms with Gasteiger partial charge in [0.25, 0.3) is 0 Å². The lowest BCUT2D eigenvalue weighted by Gasteiger charge is -2.40. The van der Waals surface area contributed by atoms with Gasteiger partial charge >= 0.3 is 5.97 Å². The first-order valence-corrected chi connectivity index (χ1v) is 11.0. The SMILES string of the molecule is COC(=O)CC1CC2CC(O[Si](C)(C)C(C)(C)C)C(C1)N2. The summed E-state index contributed by atoms with van der Waals surface area (Å²) in [6.07, 6.45) is 4.07. The minimum atomic E-state index is -1.72. The molecule has 2 aliphatic heterocycles. The minimum Gasteiger partial charge on any atom is -0.469 e. The third-order valence-corrected chi connectivity index (χ3v) is 10.1. The van der Waals surface area contributed by atoms with E-state index in [1.54, 1.807) is 0 Å². The smallest absolute Gasteiger partial charge is 0.305 e. The fourth-order valence-corrected chi connectivity index (χ4v) is 4.71. The van der Waals surface area contributed by atoms with Gasteiger partial charge in [-0.3, -0.25) is 4.79 Å². The van der Waals surface area contributed by atoms with E-state index in [0.717, 1.165) is 19.3 Å². The number of carbonyl (C=O) groups excluding carboxylic acids is 1. The van der Waals surface area contributed by atoms with E-state index in [9.17, 15) is 4.79 Å². The van der Waals surface area contributed by atoms with Gasteiger partial charge in [0.05, 0.1) is 13.2 Å². The maximum absolute atomic E-state index is 11.5. The Kier molecular flexibility index (Phi) is 4.86. The van der Waals surface area contributed by atoms with E-state index in [1.165, 1.54) is 7.11 Å². The van der Waals surface area contributed by atoms with Crippen LogP contribution in [-0.2, 0) is 14.0 Å². The molecule has 0 radical (unpaired) electrons. The molecule has 2 bridgehead atoms. The number of carbonyl (C=O) groups is 1. The molecule has 0 aromatic heterocycles. The molecule has 2 rings (SSSR count). The molecule has 122 valence electrons. The van der Waals surface area contributed by atoms with Gasteiger partial charge in [-0.05, 0) is 43.3 Å². The van der Waals surface area contributed by atoms with E-state index in [1.807, 2.05) is 0 Å². The van der Waals surface area contributed by atoms with Crippen molar-refractivity contribution in [2.45, 2.75) is 82.8 Å². The number of hydrogen-bond acceptors (Lipinski definition) is 4. The first-order chi connectivity index (χ1) is 9.62. The second-order valence-corrected chi connectivity index (χ2v) is 13.0. The zero-order valence-electron chi connectivity index (χ0n) is 14.4. The lowest BCUT2D eigenvalue weighted by atomic mass is 9.89. The molecule has 0 aliphatic carbocycles. The van der Waals surface area contributed by atoms with Crippen LogP contribution in [0.15, 0.2) is 0 Å². The van der Waals surface area contributed by atoms with Crippen LogP contribution in [0, 0.1) is 5.92 Å². The molecular weight excluding hydrogens is 282 g/mol. The molecule has 0 aromatic carbocycles. The van der Waals surface area contributed by atoms with Crippen molar-refractivity contribution in [3.63, 3.8) is 0 Å². The highest BCUT2D eigenvalue weighted by atomic mass is 28.4. The van der Waals surface area contributed by atoms with Crippen LogP contribution in [0.5, 0.6) is 0 Å². The first kappa shape index (κ1) is 17.0. The summed E-state index contributed by atoms with van der Waals surface area (Å²) in [4.78, 5) is 11.5. The van der Waals surface area contributed by atoms with Gasteiger partial charge in [0.2, 0.25) is 0 Å². The average Bonchev–Trinajstić information content (AvgIpc) is 2.62. The molecule has 0 amide bonds. The Hall–Kier alpha value is -0.393. The number of ether oxygens (including phenoxy) is 1. The van der Waals surface area contributed by atoms with Gasteiger partial charge in [-0.2, -0.15) is 0 Å². The maximum atomic E-state index is 11.5. The Morgan fingerprint density at radius 2 is 1.90 bits per heavy atom. The number of nitrogens with one attached hydrogen (secondary N) is 1. The predicted octanol–water partition coefficient (Wildman–Crippen LogP) is 3.08. The van der Waals surface area contributed by atoms with Crippen molar-refractivity contribution < 1.29 is 14.0 Å². The molecule has 1 N–H and O–H groups in total. The molecule has 0 spiro atoms. The zero-order chi connectivity index (χ0) is 15.8. The second kappa shape index (κ2) is 6.01. The molecule has 0 aromatic rings. The van der Waals surface area contributed by atoms with Crippen LogP contribution < -0.4 is 5.32 Å². The molecule has 2 heterocycles. The molecule has 2 fully saturated rings. The number of methoxy groups -OCH3 is 1. The second-order valence-electron chi connectivity index (χ2n) is 8.24. The van der Waals surface area contributed by atoms with Crippen molar-refractivity contribution in [2.75, 3.05) is 7.11 Å². The van der Waals surface area contributed by atoms with Crippen molar-refractivity contribution in [2.24, 2.45) is 5.92 Å². The molecular formula is C16H31NO3Si. The summed E-state index contributed by atoms with van der Waals surface area (Å²) < 4.78 is 11.4. The topological polar surface area (TPSA) is 47.6 Å². The quantitative estimate of drug-likeness (QED) is 0.640. The van der Waals surface area contributed by atoms with Crippen molar-refractivity contribution >= 4 is 14.3 Å². The first-order valence-electron chi connectivity index (χ1n) is 8.13. The van der Waals surface area contributed by atoms with Crippen LogP contribution in [0.2, 0.25) is 18.1 Å². The molecule has 2 saturated heterocycles. The van der Waals surface area contributed by atoms with E-state index in [4.69, 9.17) is 9.16 Å². The van der Waals surface area contributed by atoms with Crippen molar-refractivity contribution in [1.29, 1.82) is 0 Å². The number of piperidine rings is 1. The molecule has 4 atom stereocenters. The summed E-state index contributed by atoms with van der Waals surface area (Å²) in [7, 11) is -0.249. The van der Waals surface area contributed by atoms with Gasteiger partial charge < -0.3 is 14.5 Å². The lowest BCUT2D eigenvalue weighted by Crippen LogP contribution is -2.48. The number of hydrogen-bond donors (Lipinski definition) is 1. The van der Waals surface area contributed by atoms with Crippen molar-refractivity contribution in [1.82, 2.24) is 5.32 Å². The van der Waals surface area contributed by atoms with E-state index < -0.39 is 8.32 Å². The van der Waals surface area contributed by atoms with E-state index in [-0.39, 0.29) is 11.0 Å². The van der Waals surface area contributed by atoms with Gasteiger partial charge in [0.1, 0.15) is 0 Å². The molecule has 0 saturated carbocycles. The summed E-state index contributed by atoms with van der Waals surface area (Å²) in [5.74, 6) is 0.366. The fourth-order valence-electron chi connectivity index (χ4n) is 3.34. The fraction of sp³-hybridized carbons (Fsp3) is 0.938. The van der Waals surface area contributed by atoms with Crippen molar-refractivity contribution in [3.8, 4) is 0 Å². The normalized spacial score (nSPS) is 33.0. The Morgan fingerprint density at radius 1 is 1.24 bits per heavy atom. The summed E-state index contributed by atoms with van der Waals surface area (Å²) in [6.45, 7) is 11.5. The van der Waals surface area contributed by atoms with Gasteiger partial charge in [-0.1, -0.05) is 20.8 Å². The number of esters is 1. The summed E-state index contributed by atoms with van der Waals surface area (Å²) in [5.41, 5.74) is 0. The van der Waals surface area contributed by atoms with Crippen LogP contribution >= 0.6 is 0 Å². The lowest BCUT2D eigenvalue weighted by molar-refractivity contribution is -0.142. The highest BCUT2D eigenvalue weighted by Gasteiger charge is 2.46. The molecule has 21 heavy (non-hydrogen) atoms. The third kappa shape index (κ3) is 3.87. The van der Waals surface area contributed by atoms with Crippen LogP contribution in [0.4, 0.5) is 0 Å². The Balaban J connectivity index is 1.96. The Morgan fingerprint density at radius 3 is 2.48 bits per heavy atom. The Labute approximate surface area is 130 Å². The number of fused-ring (bicyclic) bond motifs is 2. The van der Waals surface area contributed by atoms with Gasteiger partial charge in [0.15, 0.2) is 8.32 Å². The molecule has 4 unspecified atom stereocenters. The largest absolute Gasteiger partial charge is 0.469 e. The zero-order valence-corrected chi connectivity index (χ0v) is 15.4. The standard InChI is InChI=1S/C16H31NO3Si/c1-16(2,3)21(5,6)20-14-10-12-7-11(8-13(14)17-12)9-15(18)19-4/h11-14,17H,7-10H2,1-6H3. The predicted molar refractivity (Wildman–Crippen MR) is 86.8 cm³/mol. The summed E-state index contributed by atoms with van der Waals surface area (Å²) in [5, 5.41) is 3.93. The molecule has 5 heteroatoms. The average molecular weight is 314 g/mol. The highest BCUT2D eigenvalue weighted by Crippen LogP contribution is 2.41. The maximum Gasteiger partial charge on any atom is 0.305 e. The van der Waals surface area contributed by atoms with Crippen LogP contribution in [0.1, 0.15) is 46.5 Å². The number of rotatable bonds is 4. The van der Waals surface area contributed by atoms with E-state index in [2.05, 4.69) is 39.2 Å². The Bertz CT molecular complexity index is 391. The van der Waals surface area contributed by atoms with E-state index >= 15 is 0 Å². The van der Waals surface area contributed by atoms with Gasteiger partial charge in [0, 0.05) is 18.5 Å². The monoisotopic (exact) mass is 313 g/mol. The molecule has 4 nitrogen and oxygen atoms in total. The minimum absolute atomic E-state index is 0.0804. The van der Waals surface area contributed by atoms with Crippen molar-refractivity contribution in [3.05, 3.63) is 0 Å². The summed E-state index contributed by atoms with van der Waals surface area (Å²) >= 11 is 0. The van der Waals surface area contributed by atoms with E-state index in [0.29, 0.717) is 30.5 Å². The summed E-state index contributed by atoms with van der Waals surface area (Å²) in [6, 6.07) is 0.917. The van der Waals surface area contributed by atoms with Crippen LogP contribution in [0.3, 0.4) is 0 Å². The van der Waals surface area contributed by atoms with Gasteiger partial charge in [-0.15, -0.1) is 0 Å². The van der Waals surface area contributed by atoms with Crippen LogP contribution in [0.25, 0.3) is 0 Å². The van der Waals surface area contributed by atoms with Gasteiger partial charge in [-0.25, -0.2) is 0 Å². The third-order valence-electron chi connectivity index (χ3n) is 5.56.